The molecule has 0 fully saturated rings. The van der Waals surface area contributed by atoms with Gasteiger partial charge in [-0.05, 0) is 5.56 Å². The molecule has 1 amide bonds. The Morgan fingerprint density at radius 3 is 2.74 bits per heavy atom. The summed E-state index contributed by atoms with van der Waals surface area (Å²) in [5.41, 5.74) is 2.15. The highest BCUT2D eigenvalue weighted by atomic mass is 16.1. The predicted molar refractivity (Wildman–Crippen MR) is 73.2 cm³/mol. The molecule has 1 aromatic heterocycles. The van der Waals surface area contributed by atoms with E-state index in [0.717, 1.165) is 11.3 Å². The van der Waals surface area contributed by atoms with E-state index < -0.39 is 0 Å². The van der Waals surface area contributed by atoms with E-state index in [-0.39, 0.29) is 5.91 Å². The minimum Gasteiger partial charge on any atom is -0.351 e. The zero-order valence-corrected chi connectivity index (χ0v) is 11.0. The van der Waals surface area contributed by atoms with Gasteiger partial charge in [-0.2, -0.15) is 0 Å². The second-order valence-corrected chi connectivity index (χ2v) is 4.36. The molecule has 0 radical (unpaired) electrons. The Hall–Kier alpha value is -2.14. The van der Waals surface area contributed by atoms with E-state index in [4.69, 9.17) is 0 Å². The highest BCUT2D eigenvalue weighted by Crippen LogP contribution is 1.97. The van der Waals surface area contributed by atoms with Crippen molar-refractivity contribution in [1.29, 1.82) is 0 Å². The average Bonchev–Trinajstić information content (AvgIpc) is 2.83. The van der Waals surface area contributed by atoms with Crippen LogP contribution < -0.4 is 10.6 Å². The number of benzene rings is 1. The molecule has 100 valence electrons. The number of aryl methyl sites for hydroxylation is 1. The van der Waals surface area contributed by atoms with Gasteiger partial charge in [0.15, 0.2) is 0 Å². The molecule has 0 unspecified atom stereocenters. The van der Waals surface area contributed by atoms with Crippen LogP contribution in [-0.4, -0.2) is 22.0 Å². The van der Waals surface area contributed by atoms with Gasteiger partial charge < -0.3 is 15.2 Å². The maximum Gasteiger partial charge on any atom is 0.234 e. The molecule has 0 aliphatic heterocycles. The molecule has 0 saturated heterocycles. The smallest absolute Gasteiger partial charge is 0.234 e. The van der Waals surface area contributed by atoms with Gasteiger partial charge in [0.1, 0.15) is 0 Å². The number of nitrogens with one attached hydrogen (secondary N) is 2. The Bertz CT molecular complexity index is 521. The van der Waals surface area contributed by atoms with E-state index in [1.807, 2.05) is 41.9 Å². The maximum absolute atomic E-state index is 11.6. The first kappa shape index (κ1) is 13.3. The van der Waals surface area contributed by atoms with E-state index in [1.165, 1.54) is 0 Å². The molecule has 2 aromatic rings. The third kappa shape index (κ3) is 4.22. The fourth-order valence-corrected chi connectivity index (χ4v) is 1.72. The van der Waals surface area contributed by atoms with E-state index in [9.17, 15) is 4.79 Å². The fourth-order valence-electron chi connectivity index (χ4n) is 1.72. The van der Waals surface area contributed by atoms with Crippen molar-refractivity contribution in [2.24, 2.45) is 7.05 Å². The van der Waals surface area contributed by atoms with Gasteiger partial charge in [-0.3, -0.25) is 4.79 Å². The lowest BCUT2D eigenvalue weighted by Crippen LogP contribution is -2.33. The minimum absolute atomic E-state index is 0.00831. The highest BCUT2D eigenvalue weighted by molar-refractivity contribution is 5.77. The van der Waals surface area contributed by atoms with Crippen LogP contribution >= 0.6 is 0 Å². The third-order valence-electron chi connectivity index (χ3n) is 2.84. The number of hydrogen-bond donors (Lipinski definition) is 2. The lowest BCUT2D eigenvalue weighted by Gasteiger charge is -2.07. The summed E-state index contributed by atoms with van der Waals surface area (Å²) in [7, 11) is 1.93. The topological polar surface area (TPSA) is 59.0 Å². The van der Waals surface area contributed by atoms with Crippen LogP contribution in [0.1, 0.15) is 11.3 Å². The van der Waals surface area contributed by atoms with Crippen LogP contribution in [0.2, 0.25) is 0 Å². The second-order valence-electron chi connectivity index (χ2n) is 4.36. The standard InChI is InChI=1S/C14H18N4O/c1-18-11-16-9-13(18)8-15-10-14(19)17-7-12-5-3-2-4-6-12/h2-6,9,11,15H,7-8,10H2,1H3,(H,17,19). The number of amides is 1. The van der Waals surface area contributed by atoms with Gasteiger partial charge in [0, 0.05) is 26.3 Å². The number of hydrogen-bond acceptors (Lipinski definition) is 3. The van der Waals surface area contributed by atoms with Crippen LogP contribution in [0.25, 0.3) is 0 Å². The molecule has 0 saturated carbocycles. The summed E-state index contributed by atoms with van der Waals surface area (Å²) in [5.74, 6) is -0.00831. The third-order valence-corrected chi connectivity index (χ3v) is 2.84. The molecule has 5 heteroatoms. The van der Waals surface area contributed by atoms with E-state index in [0.29, 0.717) is 19.6 Å². The van der Waals surface area contributed by atoms with E-state index in [2.05, 4.69) is 15.6 Å². The van der Waals surface area contributed by atoms with Gasteiger partial charge in [-0.1, -0.05) is 30.3 Å². The average molecular weight is 258 g/mol. The normalized spacial score (nSPS) is 10.4. The Morgan fingerprint density at radius 1 is 1.26 bits per heavy atom. The van der Waals surface area contributed by atoms with Gasteiger partial charge in [0.25, 0.3) is 0 Å². The van der Waals surface area contributed by atoms with Crippen molar-refractivity contribution in [2.75, 3.05) is 6.54 Å². The maximum atomic E-state index is 11.6. The summed E-state index contributed by atoms with van der Waals surface area (Å²) in [6.45, 7) is 1.50. The molecule has 0 spiro atoms. The molecule has 5 nitrogen and oxygen atoms in total. The number of aromatic nitrogens is 2. The van der Waals surface area contributed by atoms with Crippen LogP contribution in [0, 0.1) is 0 Å². The molecular formula is C14H18N4O. The van der Waals surface area contributed by atoms with Crippen molar-refractivity contribution in [3.05, 3.63) is 54.1 Å². The fraction of sp³-hybridized carbons (Fsp3) is 0.286. The lowest BCUT2D eigenvalue weighted by atomic mass is 10.2. The van der Waals surface area contributed by atoms with E-state index in [1.54, 1.807) is 12.5 Å². The second kappa shape index (κ2) is 6.70. The largest absolute Gasteiger partial charge is 0.351 e. The Labute approximate surface area is 112 Å². The first-order valence-electron chi connectivity index (χ1n) is 6.22. The molecule has 1 aromatic carbocycles. The molecule has 1 heterocycles. The van der Waals surface area contributed by atoms with Gasteiger partial charge in [0.2, 0.25) is 5.91 Å². The number of nitrogens with zero attached hydrogens (tertiary/aromatic N) is 2. The molecule has 2 N–H and O–H groups in total. The van der Waals surface area contributed by atoms with Gasteiger partial charge >= 0.3 is 0 Å². The molecular weight excluding hydrogens is 240 g/mol. The first-order valence-corrected chi connectivity index (χ1v) is 6.22. The van der Waals surface area contributed by atoms with Crippen molar-refractivity contribution in [1.82, 2.24) is 20.2 Å². The molecule has 0 aliphatic rings. The van der Waals surface area contributed by atoms with Gasteiger partial charge in [-0.15, -0.1) is 0 Å². The highest BCUT2D eigenvalue weighted by Gasteiger charge is 2.02. The molecule has 2 rings (SSSR count). The minimum atomic E-state index is -0.00831. The molecule has 0 atom stereocenters. The Morgan fingerprint density at radius 2 is 2.05 bits per heavy atom. The van der Waals surface area contributed by atoms with Crippen LogP contribution in [0.5, 0.6) is 0 Å². The van der Waals surface area contributed by atoms with Crippen LogP contribution in [0.4, 0.5) is 0 Å². The summed E-state index contributed by atoms with van der Waals surface area (Å²) in [5, 5.41) is 5.96. The van der Waals surface area contributed by atoms with Crippen molar-refractivity contribution in [2.45, 2.75) is 13.1 Å². The van der Waals surface area contributed by atoms with E-state index >= 15 is 0 Å². The van der Waals surface area contributed by atoms with Crippen LogP contribution in [-0.2, 0) is 24.9 Å². The number of rotatable bonds is 6. The van der Waals surface area contributed by atoms with Crippen molar-refractivity contribution < 1.29 is 4.79 Å². The number of carbonyl (C=O) groups excluding carboxylic acids is 1. The first-order chi connectivity index (χ1) is 9.25. The summed E-state index contributed by atoms with van der Waals surface area (Å²) >= 11 is 0. The number of imidazole rings is 1. The van der Waals surface area contributed by atoms with Gasteiger partial charge in [0.05, 0.1) is 18.6 Å². The Balaban J connectivity index is 1.66. The Kier molecular flexibility index (Phi) is 4.69. The lowest BCUT2D eigenvalue weighted by molar-refractivity contribution is -0.120. The summed E-state index contributed by atoms with van der Waals surface area (Å²) in [6.07, 6.45) is 3.53. The van der Waals surface area contributed by atoms with Crippen LogP contribution in [0.3, 0.4) is 0 Å². The SMILES string of the molecule is Cn1cncc1CNCC(=O)NCc1ccccc1. The number of carbonyl (C=O) groups is 1. The van der Waals surface area contributed by atoms with Crippen LogP contribution in [0.15, 0.2) is 42.9 Å². The zero-order chi connectivity index (χ0) is 13.5. The van der Waals surface area contributed by atoms with Crippen molar-refractivity contribution in [3.8, 4) is 0 Å². The molecule has 19 heavy (non-hydrogen) atoms. The molecule has 0 aliphatic carbocycles. The quantitative estimate of drug-likeness (QED) is 0.806. The summed E-state index contributed by atoms with van der Waals surface area (Å²) in [4.78, 5) is 15.7. The zero-order valence-electron chi connectivity index (χ0n) is 11.0. The monoisotopic (exact) mass is 258 g/mol. The van der Waals surface area contributed by atoms with Gasteiger partial charge in [-0.25, -0.2) is 4.98 Å². The molecule has 0 bridgehead atoms. The summed E-state index contributed by atoms with van der Waals surface area (Å²) in [6, 6.07) is 9.86. The summed E-state index contributed by atoms with van der Waals surface area (Å²) < 4.78 is 1.93. The van der Waals surface area contributed by atoms with Crippen molar-refractivity contribution in [3.63, 3.8) is 0 Å². The van der Waals surface area contributed by atoms with Crippen molar-refractivity contribution >= 4 is 5.91 Å². The predicted octanol–water partition coefficient (Wildman–Crippen LogP) is 0.826.